The SMILES string of the molecule is CC.CC.Cc1cccnc1.Cc1cccnc1.Cc1cccnc1. The lowest BCUT2D eigenvalue weighted by molar-refractivity contribution is 1.27. The summed E-state index contributed by atoms with van der Waals surface area (Å²) >= 11 is 0. The lowest BCUT2D eigenvalue weighted by Gasteiger charge is -1.82. The molecule has 0 unspecified atom stereocenters. The van der Waals surface area contributed by atoms with Crippen molar-refractivity contribution in [1.29, 1.82) is 0 Å². The van der Waals surface area contributed by atoms with Gasteiger partial charge in [-0.25, -0.2) is 0 Å². The van der Waals surface area contributed by atoms with E-state index < -0.39 is 0 Å². The Kier molecular flexibility index (Phi) is 19.3. The Morgan fingerprint density at radius 3 is 0.800 bits per heavy atom. The van der Waals surface area contributed by atoms with Crippen molar-refractivity contribution in [2.75, 3.05) is 0 Å². The maximum atomic E-state index is 3.88. The normalized spacial score (nSPS) is 7.80. The Bertz CT molecular complexity index is 492. The third kappa shape index (κ3) is 17.6. The molecule has 0 saturated heterocycles. The van der Waals surface area contributed by atoms with E-state index in [2.05, 4.69) is 15.0 Å². The molecule has 3 aromatic rings. The van der Waals surface area contributed by atoms with Crippen LogP contribution in [0.3, 0.4) is 0 Å². The summed E-state index contributed by atoms with van der Waals surface area (Å²) in [4.78, 5) is 11.7. The molecule has 3 nitrogen and oxygen atoms in total. The molecule has 0 saturated carbocycles. The van der Waals surface area contributed by atoms with Gasteiger partial charge >= 0.3 is 0 Å². The van der Waals surface area contributed by atoms with Crippen LogP contribution in [0.2, 0.25) is 0 Å². The lowest BCUT2D eigenvalue weighted by Crippen LogP contribution is -1.69. The van der Waals surface area contributed by atoms with Crippen molar-refractivity contribution >= 4 is 0 Å². The summed E-state index contributed by atoms with van der Waals surface area (Å²) in [6, 6.07) is 11.8. The van der Waals surface area contributed by atoms with Crippen LogP contribution in [0, 0.1) is 20.8 Å². The number of aryl methyl sites for hydroxylation is 3. The minimum Gasteiger partial charge on any atom is -0.264 e. The van der Waals surface area contributed by atoms with E-state index in [0.717, 1.165) is 0 Å². The van der Waals surface area contributed by atoms with Crippen LogP contribution >= 0.6 is 0 Å². The summed E-state index contributed by atoms with van der Waals surface area (Å²) in [5, 5.41) is 0. The van der Waals surface area contributed by atoms with Crippen molar-refractivity contribution < 1.29 is 0 Å². The first kappa shape index (κ1) is 24.7. The fourth-order valence-corrected chi connectivity index (χ4v) is 1.34. The Labute approximate surface area is 154 Å². The van der Waals surface area contributed by atoms with Crippen molar-refractivity contribution in [1.82, 2.24) is 15.0 Å². The molecule has 0 radical (unpaired) electrons. The summed E-state index contributed by atoms with van der Waals surface area (Å²) in [6.45, 7) is 14.1. The quantitative estimate of drug-likeness (QED) is 0.488. The van der Waals surface area contributed by atoms with Crippen LogP contribution in [0.5, 0.6) is 0 Å². The van der Waals surface area contributed by atoms with Crippen LogP contribution in [0.4, 0.5) is 0 Å². The van der Waals surface area contributed by atoms with Gasteiger partial charge in [-0.1, -0.05) is 45.9 Å². The molecule has 0 aliphatic carbocycles. The summed E-state index contributed by atoms with van der Waals surface area (Å²) in [5.74, 6) is 0. The van der Waals surface area contributed by atoms with Crippen molar-refractivity contribution in [3.63, 3.8) is 0 Å². The summed E-state index contributed by atoms with van der Waals surface area (Å²) < 4.78 is 0. The molecule has 0 bridgehead atoms. The highest BCUT2D eigenvalue weighted by molar-refractivity contribution is 5.05. The third-order valence-electron chi connectivity index (χ3n) is 2.43. The molecule has 3 heteroatoms. The molecule has 3 aromatic heterocycles. The summed E-state index contributed by atoms with van der Waals surface area (Å²) in [6.07, 6.45) is 10.8. The Hall–Kier alpha value is -2.55. The highest BCUT2D eigenvalue weighted by Crippen LogP contribution is 1.89. The Morgan fingerprint density at radius 1 is 0.480 bits per heavy atom. The first-order valence-electron chi connectivity index (χ1n) is 8.78. The zero-order valence-electron chi connectivity index (χ0n) is 16.8. The molecule has 0 spiro atoms. The van der Waals surface area contributed by atoms with Crippen molar-refractivity contribution in [2.24, 2.45) is 0 Å². The van der Waals surface area contributed by atoms with Crippen molar-refractivity contribution in [3.8, 4) is 0 Å². The molecule has 0 aromatic carbocycles. The van der Waals surface area contributed by atoms with E-state index in [1.54, 1.807) is 18.6 Å². The van der Waals surface area contributed by atoms with Crippen LogP contribution in [-0.2, 0) is 0 Å². The first-order chi connectivity index (χ1) is 12.2. The van der Waals surface area contributed by atoms with E-state index in [0.29, 0.717) is 0 Å². The van der Waals surface area contributed by atoms with Gasteiger partial charge in [-0.3, -0.25) is 15.0 Å². The molecule has 3 rings (SSSR count). The first-order valence-corrected chi connectivity index (χ1v) is 8.78. The lowest BCUT2D eigenvalue weighted by atomic mass is 10.3. The van der Waals surface area contributed by atoms with Crippen LogP contribution in [0.25, 0.3) is 0 Å². The molecule has 3 heterocycles. The monoisotopic (exact) mass is 339 g/mol. The molecule has 25 heavy (non-hydrogen) atoms. The van der Waals surface area contributed by atoms with Gasteiger partial charge in [0.2, 0.25) is 0 Å². The van der Waals surface area contributed by atoms with Gasteiger partial charge in [0, 0.05) is 37.2 Å². The van der Waals surface area contributed by atoms with Gasteiger partial charge < -0.3 is 0 Å². The average Bonchev–Trinajstić information content (AvgIpc) is 2.68. The van der Waals surface area contributed by atoms with Gasteiger partial charge in [0.15, 0.2) is 0 Å². The van der Waals surface area contributed by atoms with Gasteiger partial charge in [0.1, 0.15) is 0 Å². The van der Waals surface area contributed by atoms with E-state index in [1.807, 2.05) is 103 Å². The molecule has 0 aliphatic heterocycles. The van der Waals surface area contributed by atoms with Crippen molar-refractivity contribution in [2.45, 2.75) is 48.5 Å². The molecule has 0 atom stereocenters. The minimum atomic E-state index is 1.21. The van der Waals surface area contributed by atoms with Gasteiger partial charge in [-0.2, -0.15) is 0 Å². The number of pyridine rings is 3. The zero-order valence-corrected chi connectivity index (χ0v) is 16.8. The predicted octanol–water partition coefficient (Wildman–Crippen LogP) is 6.22. The molecule has 0 fully saturated rings. The van der Waals surface area contributed by atoms with E-state index in [4.69, 9.17) is 0 Å². The van der Waals surface area contributed by atoms with Gasteiger partial charge in [-0.15, -0.1) is 0 Å². The second-order valence-corrected chi connectivity index (χ2v) is 4.59. The van der Waals surface area contributed by atoms with E-state index in [9.17, 15) is 0 Å². The van der Waals surface area contributed by atoms with E-state index >= 15 is 0 Å². The average molecular weight is 340 g/mol. The van der Waals surface area contributed by atoms with Gasteiger partial charge in [-0.05, 0) is 55.7 Å². The summed E-state index contributed by atoms with van der Waals surface area (Å²) in [5.41, 5.74) is 3.63. The number of hydrogen-bond acceptors (Lipinski definition) is 3. The number of hydrogen-bond donors (Lipinski definition) is 0. The second kappa shape index (κ2) is 19.5. The second-order valence-electron chi connectivity index (χ2n) is 4.59. The number of nitrogens with zero attached hydrogens (tertiary/aromatic N) is 3. The third-order valence-corrected chi connectivity index (χ3v) is 2.43. The molecule has 0 amide bonds. The highest BCUT2D eigenvalue weighted by Gasteiger charge is 1.74. The maximum absolute atomic E-state index is 3.88. The fourth-order valence-electron chi connectivity index (χ4n) is 1.34. The van der Waals surface area contributed by atoms with Crippen LogP contribution in [-0.4, -0.2) is 15.0 Å². The topological polar surface area (TPSA) is 38.7 Å². The number of rotatable bonds is 0. The molecule has 136 valence electrons. The van der Waals surface area contributed by atoms with Crippen LogP contribution in [0.1, 0.15) is 44.4 Å². The van der Waals surface area contributed by atoms with E-state index in [1.165, 1.54) is 16.7 Å². The highest BCUT2D eigenvalue weighted by atomic mass is 14.6. The maximum Gasteiger partial charge on any atom is 0.0297 e. The predicted molar refractivity (Wildman–Crippen MR) is 110 cm³/mol. The standard InChI is InChI=1S/3C6H7N.2C2H6/c3*1-6-3-2-4-7-5-6;2*1-2/h3*2-5H,1H3;2*1-2H3. The van der Waals surface area contributed by atoms with E-state index in [-0.39, 0.29) is 0 Å². The van der Waals surface area contributed by atoms with Crippen molar-refractivity contribution in [3.05, 3.63) is 90.3 Å². The van der Waals surface area contributed by atoms with Crippen LogP contribution in [0.15, 0.2) is 73.6 Å². The molecular formula is C22H33N3. The minimum absolute atomic E-state index is 1.21. The largest absolute Gasteiger partial charge is 0.264 e. The van der Waals surface area contributed by atoms with Gasteiger partial charge in [0.25, 0.3) is 0 Å². The number of aromatic nitrogens is 3. The summed E-state index contributed by atoms with van der Waals surface area (Å²) in [7, 11) is 0. The fraction of sp³-hybridized carbons (Fsp3) is 0.318. The Balaban J connectivity index is 0. The molecule has 0 aliphatic rings. The zero-order chi connectivity index (χ0) is 19.3. The molecule has 0 N–H and O–H groups in total. The smallest absolute Gasteiger partial charge is 0.0297 e. The molecular weight excluding hydrogens is 306 g/mol. The van der Waals surface area contributed by atoms with Crippen LogP contribution < -0.4 is 0 Å². The Morgan fingerprint density at radius 2 is 0.720 bits per heavy atom. The van der Waals surface area contributed by atoms with Gasteiger partial charge in [0.05, 0.1) is 0 Å².